The van der Waals surface area contributed by atoms with Gasteiger partial charge in [-0.05, 0) is 66.3 Å². The van der Waals surface area contributed by atoms with Crippen LogP contribution in [0.15, 0.2) is 71.9 Å². The Morgan fingerprint density at radius 1 is 0.731 bits per heavy atom. The van der Waals surface area contributed by atoms with E-state index in [4.69, 9.17) is 0 Å². The Balaban J connectivity index is 1.72. The quantitative estimate of drug-likeness (QED) is 0.405. The Labute approximate surface area is 155 Å². The maximum Gasteiger partial charge on any atom is 0.118 e. The average Bonchev–Trinajstić information content (AvgIpc) is 3.24. The molecule has 6 rings (SSSR count). The van der Waals surface area contributed by atoms with Crippen molar-refractivity contribution in [3.05, 3.63) is 77.5 Å². The van der Waals surface area contributed by atoms with Crippen molar-refractivity contribution < 1.29 is 0 Å². The van der Waals surface area contributed by atoms with Crippen LogP contribution in [0, 0.1) is 0 Å². The number of allylic oxidation sites excluding steroid dienone is 2. The lowest BCUT2D eigenvalue weighted by molar-refractivity contribution is 0.735. The molecule has 1 aromatic heterocycles. The molecule has 26 heavy (non-hydrogen) atoms. The Morgan fingerprint density at radius 3 is 2.46 bits per heavy atom. The standard InChI is InChI=1S/C24H19NSi/c1-2-8-16(9-3-1)25-20-12-6-4-11-19(20)23-21(25)15-14-18-17-10-5-7-13-22(17)26-24(18)23/h1-4,6,8-9,11-12,14-15H,5,7,10,13H2. The fraction of sp³-hybridized carbons (Fsp3) is 0.167. The first kappa shape index (κ1) is 14.6. The van der Waals surface area contributed by atoms with Crippen molar-refractivity contribution in [2.45, 2.75) is 25.7 Å². The van der Waals surface area contributed by atoms with Crippen LogP contribution in [-0.2, 0) is 0 Å². The molecule has 0 unspecified atom stereocenters. The highest BCUT2D eigenvalue weighted by Gasteiger charge is 2.28. The molecule has 0 saturated heterocycles. The SMILES string of the molecule is c1ccc(-n2c3ccccc3c3c4c(ccc32)C2=C(CCCC2)[Si]4)cc1. The minimum absolute atomic E-state index is 0.864. The molecule has 1 aliphatic carbocycles. The maximum atomic E-state index is 2.44. The predicted octanol–water partition coefficient (Wildman–Crippen LogP) is 5.41. The second kappa shape index (κ2) is 5.45. The number of rotatable bonds is 1. The van der Waals surface area contributed by atoms with Crippen LogP contribution in [0.1, 0.15) is 31.2 Å². The molecule has 2 aliphatic rings. The van der Waals surface area contributed by atoms with E-state index in [2.05, 4.69) is 71.3 Å². The van der Waals surface area contributed by atoms with Gasteiger partial charge in [0, 0.05) is 16.5 Å². The zero-order valence-corrected chi connectivity index (χ0v) is 15.6. The smallest absolute Gasteiger partial charge is 0.118 e. The zero-order chi connectivity index (χ0) is 17.1. The van der Waals surface area contributed by atoms with Crippen LogP contribution in [0.5, 0.6) is 0 Å². The molecule has 1 aliphatic heterocycles. The monoisotopic (exact) mass is 349 g/mol. The van der Waals surface area contributed by atoms with Gasteiger partial charge in [-0.2, -0.15) is 0 Å². The van der Waals surface area contributed by atoms with Gasteiger partial charge in [-0.1, -0.05) is 47.7 Å². The molecule has 0 amide bonds. The molecular formula is C24H19NSi. The first-order valence-electron chi connectivity index (χ1n) is 9.53. The summed E-state index contributed by atoms with van der Waals surface area (Å²) in [4.78, 5) is 0. The molecule has 124 valence electrons. The normalized spacial score (nSPS) is 16.3. The van der Waals surface area contributed by atoms with Gasteiger partial charge in [-0.15, -0.1) is 0 Å². The van der Waals surface area contributed by atoms with E-state index in [1.807, 2.05) is 0 Å². The highest BCUT2D eigenvalue weighted by molar-refractivity contribution is 6.69. The van der Waals surface area contributed by atoms with Crippen molar-refractivity contribution in [1.29, 1.82) is 0 Å². The van der Waals surface area contributed by atoms with Crippen LogP contribution >= 0.6 is 0 Å². The summed E-state index contributed by atoms with van der Waals surface area (Å²) in [5, 5.41) is 6.21. The molecule has 0 atom stereocenters. The number of hydrogen-bond donors (Lipinski definition) is 0. The third-order valence-corrected chi connectivity index (χ3v) is 7.54. The van der Waals surface area contributed by atoms with E-state index < -0.39 is 0 Å². The van der Waals surface area contributed by atoms with E-state index >= 15 is 0 Å². The van der Waals surface area contributed by atoms with Crippen molar-refractivity contribution in [2.75, 3.05) is 0 Å². The molecule has 0 spiro atoms. The number of fused-ring (bicyclic) bond motifs is 6. The van der Waals surface area contributed by atoms with Crippen molar-refractivity contribution in [2.24, 2.45) is 0 Å². The molecular weight excluding hydrogens is 330 g/mol. The molecule has 0 bridgehead atoms. The van der Waals surface area contributed by atoms with Crippen LogP contribution in [0.4, 0.5) is 0 Å². The summed E-state index contributed by atoms with van der Waals surface area (Å²) in [5.41, 5.74) is 7.13. The van der Waals surface area contributed by atoms with E-state index in [-0.39, 0.29) is 0 Å². The summed E-state index contributed by atoms with van der Waals surface area (Å²) in [6.45, 7) is 0. The Kier molecular flexibility index (Phi) is 3.06. The van der Waals surface area contributed by atoms with Crippen LogP contribution in [0.2, 0.25) is 0 Å². The van der Waals surface area contributed by atoms with Gasteiger partial charge in [0.1, 0.15) is 9.52 Å². The van der Waals surface area contributed by atoms with Crippen molar-refractivity contribution in [3.63, 3.8) is 0 Å². The summed E-state index contributed by atoms with van der Waals surface area (Å²) < 4.78 is 2.44. The lowest BCUT2D eigenvalue weighted by atomic mass is 9.93. The van der Waals surface area contributed by atoms with Gasteiger partial charge in [0.05, 0.1) is 11.0 Å². The molecule has 2 radical (unpaired) electrons. The highest BCUT2D eigenvalue weighted by atomic mass is 28.2. The van der Waals surface area contributed by atoms with Crippen LogP contribution in [0.25, 0.3) is 33.1 Å². The van der Waals surface area contributed by atoms with Gasteiger partial charge in [0.15, 0.2) is 0 Å². The molecule has 0 saturated carbocycles. The summed E-state index contributed by atoms with van der Waals surface area (Å²) >= 11 is 0. The van der Waals surface area contributed by atoms with Gasteiger partial charge < -0.3 is 4.57 Å². The van der Waals surface area contributed by atoms with E-state index in [1.165, 1.54) is 53.2 Å². The van der Waals surface area contributed by atoms with E-state index in [9.17, 15) is 0 Å². The van der Waals surface area contributed by atoms with E-state index in [0.29, 0.717) is 0 Å². The van der Waals surface area contributed by atoms with Gasteiger partial charge in [0.25, 0.3) is 0 Å². The molecule has 0 fully saturated rings. The lowest BCUT2D eigenvalue weighted by Gasteiger charge is -2.14. The van der Waals surface area contributed by atoms with Gasteiger partial charge in [0.2, 0.25) is 0 Å². The first-order chi connectivity index (χ1) is 12.9. The molecule has 3 aromatic carbocycles. The third kappa shape index (κ3) is 1.91. The molecule has 1 nitrogen and oxygen atoms in total. The number of hydrogen-bond acceptors (Lipinski definition) is 0. The Morgan fingerprint density at radius 2 is 1.54 bits per heavy atom. The Hall–Kier alpha value is -2.58. The Bertz CT molecular complexity index is 1200. The number of para-hydroxylation sites is 2. The predicted molar refractivity (Wildman–Crippen MR) is 112 cm³/mol. The minimum Gasteiger partial charge on any atom is -0.309 e. The molecule has 0 N–H and O–H groups in total. The fourth-order valence-electron chi connectivity index (χ4n) is 4.79. The number of aromatic nitrogens is 1. The van der Waals surface area contributed by atoms with E-state index in [1.54, 1.807) is 21.5 Å². The topological polar surface area (TPSA) is 4.93 Å². The van der Waals surface area contributed by atoms with Crippen LogP contribution < -0.4 is 5.19 Å². The lowest BCUT2D eigenvalue weighted by Crippen LogP contribution is -2.15. The largest absolute Gasteiger partial charge is 0.309 e. The minimum atomic E-state index is 0.864. The van der Waals surface area contributed by atoms with Crippen LogP contribution in [-0.4, -0.2) is 14.1 Å². The average molecular weight is 350 g/mol. The van der Waals surface area contributed by atoms with E-state index in [0.717, 1.165) is 9.52 Å². The zero-order valence-electron chi connectivity index (χ0n) is 14.6. The fourth-order valence-corrected chi connectivity index (χ4v) is 6.56. The highest BCUT2D eigenvalue weighted by Crippen LogP contribution is 2.39. The van der Waals surface area contributed by atoms with Crippen molar-refractivity contribution >= 4 is 42.1 Å². The number of benzene rings is 3. The first-order valence-corrected chi connectivity index (χ1v) is 10.5. The third-order valence-electron chi connectivity index (χ3n) is 5.92. The molecule has 4 aromatic rings. The van der Waals surface area contributed by atoms with Crippen molar-refractivity contribution in [1.82, 2.24) is 4.57 Å². The second-order valence-electron chi connectivity index (χ2n) is 7.36. The summed E-state index contributed by atoms with van der Waals surface area (Å²) in [6, 6.07) is 24.4. The van der Waals surface area contributed by atoms with Crippen LogP contribution in [0.3, 0.4) is 0 Å². The number of nitrogens with zero attached hydrogens (tertiary/aromatic N) is 1. The molecule has 2 heterocycles. The van der Waals surface area contributed by atoms with Gasteiger partial charge in [-0.3, -0.25) is 0 Å². The summed E-state index contributed by atoms with van der Waals surface area (Å²) in [7, 11) is 0.864. The maximum absolute atomic E-state index is 2.44. The summed E-state index contributed by atoms with van der Waals surface area (Å²) in [5.74, 6) is 0. The van der Waals surface area contributed by atoms with Gasteiger partial charge >= 0.3 is 0 Å². The second-order valence-corrected chi connectivity index (χ2v) is 8.71. The van der Waals surface area contributed by atoms with Crippen molar-refractivity contribution in [3.8, 4) is 5.69 Å². The van der Waals surface area contributed by atoms with Gasteiger partial charge in [-0.25, -0.2) is 0 Å². The summed E-state index contributed by atoms with van der Waals surface area (Å²) in [6.07, 6.45) is 5.31. The molecule has 2 heteroatoms.